The van der Waals surface area contributed by atoms with Crippen molar-refractivity contribution in [2.45, 2.75) is 302 Å². The maximum absolute atomic E-state index is 12.5. The largest absolute Gasteiger partial charge is 0.466 e. The van der Waals surface area contributed by atoms with Crippen LogP contribution in [0.2, 0.25) is 0 Å². The number of carbonyl (C=O) groups excluding carboxylic acids is 2. The number of hydrogen-bond donors (Lipinski definition) is 3. The molecule has 6 nitrogen and oxygen atoms in total. The molecule has 1 amide bonds. The lowest BCUT2D eigenvalue weighted by molar-refractivity contribution is -0.143. The van der Waals surface area contributed by atoms with Crippen LogP contribution in [0.3, 0.4) is 0 Å². The van der Waals surface area contributed by atoms with Gasteiger partial charge in [0.15, 0.2) is 0 Å². The number of rotatable bonds is 49. The van der Waals surface area contributed by atoms with Gasteiger partial charge >= 0.3 is 5.97 Å². The first kappa shape index (κ1) is 57.6. The van der Waals surface area contributed by atoms with Crippen LogP contribution >= 0.6 is 0 Å². The summed E-state index contributed by atoms with van der Waals surface area (Å²) in [4.78, 5) is 24.5. The summed E-state index contributed by atoms with van der Waals surface area (Å²) in [6.07, 6.45) is 56.0. The van der Waals surface area contributed by atoms with E-state index in [0.717, 1.165) is 57.8 Å². The lowest BCUT2D eigenvalue weighted by atomic mass is 10.0. The molecular weight excluding hydrogens is 731 g/mol. The number of aliphatic hydroxyl groups is 2. The lowest BCUT2D eigenvalue weighted by Gasteiger charge is -2.22. The SMILES string of the molecule is CCCCCCCC/C=C\CCCCCCCC(=O)OCCCCCCCCCCCCCC(=O)NC(CO)C(O)CCCCCCCCCCCCCCCCCC. The van der Waals surface area contributed by atoms with Gasteiger partial charge in [0.25, 0.3) is 0 Å². The number of hydrogen-bond acceptors (Lipinski definition) is 5. The fourth-order valence-electron chi connectivity index (χ4n) is 8.22. The van der Waals surface area contributed by atoms with Gasteiger partial charge in [0, 0.05) is 12.8 Å². The molecule has 59 heavy (non-hydrogen) atoms. The summed E-state index contributed by atoms with van der Waals surface area (Å²) < 4.78 is 5.46. The average Bonchev–Trinajstić information content (AvgIpc) is 3.24. The van der Waals surface area contributed by atoms with Crippen molar-refractivity contribution in [1.82, 2.24) is 5.32 Å². The molecule has 0 aliphatic heterocycles. The molecular formula is C53H103NO5. The number of amides is 1. The Labute approximate surface area is 368 Å². The fraction of sp³-hybridized carbons (Fsp3) is 0.925. The molecule has 3 N–H and O–H groups in total. The van der Waals surface area contributed by atoms with Gasteiger partial charge in [-0.25, -0.2) is 0 Å². The third kappa shape index (κ3) is 45.9. The van der Waals surface area contributed by atoms with Gasteiger partial charge in [-0.1, -0.05) is 238 Å². The van der Waals surface area contributed by atoms with Crippen molar-refractivity contribution in [2.75, 3.05) is 13.2 Å². The molecule has 0 fully saturated rings. The van der Waals surface area contributed by atoms with Crippen molar-refractivity contribution in [3.05, 3.63) is 12.2 Å². The molecule has 0 aliphatic carbocycles. The molecule has 0 aromatic rings. The van der Waals surface area contributed by atoms with Gasteiger partial charge in [-0.3, -0.25) is 9.59 Å². The average molecular weight is 834 g/mol. The highest BCUT2D eigenvalue weighted by molar-refractivity contribution is 5.76. The van der Waals surface area contributed by atoms with E-state index < -0.39 is 12.1 Å². The molecule has 0 radical (unpaired) electrons. The second-order valence-electron chi connectivity index (χ2n) is 18.2. The molecule has 0 bridgehead atoms. The van der Waals surface area contributed by atoms with Crippen LogP contribution < -0.4 is 5.32 Å². The molecule has 350 valence electrons. The number of nitrogens with one attached hydrogen (secondary N) is 1. The second kappa shape index (κ2) is 49.3. The van der Waals surface area contributed by atoms with Crippen LogP contribution in [0.15, 0.2) is 12.2 Å². The zero-order valence-corrected chi connectivity index (χ0v) is 39.7. The quantitative estimate of drug-likeness (QED) is 0.0322. The first-order valence-corrected chi connectivity index (χ1v) is 26.4. The fourth-order valence-corrected chi connectivity index (χ4v) is 8.22. The number of allylic oxidation sites excluding steroid dienone is 2. The zero-order chi connectivity index (χ0) is 43.0. The Morgan fingerprint density at radius 2 is 0.797 bits per heavy atom. The minimum absolute atomic E-state index is 0.0210. The summed E-state index contributed by atoms with van der Waals surface area (Å²) in [5, 5.41) is 23.2. The number of unbranched alkanes of at least 4 members (excludes halogenated alkanes) is 36. The third-order valence-corrected chi connectivity index (χ3v) is 12.3. The molecule has 0 aromatic heterocycles. The minimum Gasteiger partial charge on any atom is -0.466 e. The smallest absolute Gasteiger partial charge is 0.305 e. The highest BCUT2D eigenvalue weighted by Gasteiger charge is 2.20. The Kier molecular flexibility index (Phi) is 48.1. The molecule has 0 spiro atoms. The van der Waals surface area contributed by atoms with E-state index >= 15 is 0 Å². The maximum Gasteiger partial charge on any atom is 0.305 e. The Bertz CT molecular complexity index is 878. The predicted molar refractivity (Wildman–Crippen MR) is 255 cm³/mol. The molecule has 0 saturated carbocycles. The van der Waals surface area contributed by atoms with Gasteiger partial charge < -0.3 is 20.3 Å². The highest BCUT2D eigenvalue weighted by Crippen LogP contribution is 2.17. The molecule has 0 heterocycles. The number of aliphatic hydroxyl groups excluding tert-OH is 2. The molecule has 2 atom stereocenters. The molecule has 0 saturated heterocycles. The van der Waals surface area contributed by atoms with E-state index in [0.29, 0.717) is 25.9 Å². The van der Waals surface area contributed by atoms with Gasteiger partial charge in [0.2, 0.25) is 5.91 Å². The van der Waals surface area contributed by atoms with Crippen molar-refractivity contribution in [3.8, 4) is 0 Å². The van der Waals surface area contributed by atoms with Gasteiger partial charge in [-0.05, 0) is 51.4 Å². The second-order valence-corrected chi connectivity index (χ2v) is 18.2. The predicted octanol–water partition coefficient (Wildman–Crippen LogP) is 15.7. The summed E-state index contributed by atoms with van der Waals surface area (Å²) in [6, 6.07) is -0.555. The van der Waals surface area contributed by atoms with Crippen molar-refractivity contribution in [1.29, 1.82) is 0 Å². The van der Waals surface area contributed by atoms with E-state index in [4.69, 9.17) is 4.74 Å². The molecule has 0 rings (SSSR count). The van der Waals surface area contributed by atoms with Crippen LogP contribution in [0.25, 0.3) is 0 Å². The van der Waals surface area contributed by atoms with Crippen LogP contribution in [-0.2, 0) is 14.3 Å². The van der Waals surface area contributed by atoms with E-state index in [-0.39, 0.29) is 18.5 Å². The van der Waals surface area contributed by atoms with Gasteiger partial charge in [-0.15, -0.1) is 0 Å². The topological polar surface area (TPSA) is 95.9 Å². The number of esters is 1. The molecule has 0 aromatic carbocycles. The van der Waals surface area contributed by atoms with E-state index in [9.17, 15) is 19.8 Å². The van der Waals surface area contributed by atoms with Crippen LogP contribution in [0.5, 0.6) is 0 Å². The van der Waals surface area contributed by atoms with Crippen molar-refractivity contribution >= 4 is 11.9 Å². The third-order valence-electron chi connectivity index (χ3n) is 12.3. The van der Waals surface area contributed by atoms with Gasteiger partial charge in [0.05, 0.1) is 25.4 Å². The Morgan fingerprint density at radius 1 is 0.458 bits per heavy atom. The van der Waals surface area contributed by atoms with E-state index in [2.05, 4.69) is 31.3 Å². The normalized spacial score (nSPS) is 12.7. The Morgan fingerprint density at radius 3 is 1.20 bits per heavy atom. The summed E-state index contributed by atoms with van der Waals surface area (Å²) in [6.45, 7) is 4.91. The van der Waals surface area contributed by atoms with E-state index in [1.54, 1.807) is 0 Å². The van der Waals surface area contributed by atoms with E-state index in [1.807, 2.05) is 0 Å². The Hall–Kier alpha value is -1.40. The van der Waals surface area contributed by atoms with Crippen molar-refractivity contribution in [3.63, 3.8) is 0 Å². The standard InChI is InChI=1S/C53H103NO5/c1-3-5-7-9-11-13-15-17-19-21-22-25-29-33-37-41-45-51(56)50(49-55)54-52(57)46-42-38-34-30-26-24-28-32-36-40-44-48-59-53(58)47-43-39-35-31-27-23-20-18-16-14-12-10-8-6-4-2/h18,20,50-51,55-56H,3-17,19,21-49H2,1-2H3,(H,54,57)/b20-18-. The van der Waals surface area contributed by atoms with Gasteiger partial charge in [0.1, 0.15) is 0 Å². The summed E-state index contributed by atoms with van der Waals surface area (Å²) in [5.41, 5.74) is 0. The summed E-state index contributed by atoms with van der Waals surface area (Å²) in [7, 11) is 0. The first-order valence-electron chi connectivity index (χ1n) is 26.4. The maximum atomic E-state index is 12.5. The van der Waals surface area contributed by atoms with Crippen LogP contribution in [0.1, 0.15) is 290 Å². The van der Waals surface area contributed by atoms with Gasteiger partial charge in [-0.2, -0.15) is 0 Å². The molecule has 0 aliphatic rings. The zero-order valence-electron chi connectivity index (χ0n) is 39.7. The van der Waals surface area contributed by atoms with Crippen LogP contribution in [-0.4, -0.2) is 47.4 Å². The van der Waals surface area contributed by atoms with E-state index in [1.165, 1.54) is 199 Å². The lowest BCUT2D eigenvalue weighted by Crippen LogP contribution is -2.45. The summed E-state index contributed by atoms with van der Waals surface area (Å²) >= 11 is 0. The molecule has 2 unspecified atom stereocenters. The van der Waals surface area contributed by atoms with Crippen LogP contribution in [0, 0.1) is 0 Å². The monoisotopic (exact) mass is 834 g/mol. The minimum atomic E-state index is -0.676. The van der Waals surface area contributed by atoms with Crippen molar-refractivity contribution < 1.29 is 24.5 Å². The van der Waals surface area contributed by atoms with Crippen LogP contribution in [0.4, 0.5) is 0 Å². The number of ether oxygens (including phenoxy) is 1. The highest BCUT2D eigenvalue weighted by atomic mass is 16.5. The molecule has 6 heteroatoms. The Balaban J connectivity index is 3.47. The van der Waals surface area contributed by atoms with Crippen molar-refractivity contribution in [2.24, 2.45) is 0 Å². The number of carbonyl (C=O) groups is 2. The summed E-state index contributed by atoms with van der Waals surface area (Å²) in [5.74, 6) is -0.0736. The first-order chi connectivity index (χ1) is 29.0.